The summed E-state index contributed by atoms with van der Waals surface area (Å²) >= 11 is 0. The number of nitrogens with one attached hydrogen (secondary N) is 1. The maximum absolute atomic E-state index is 12.4. The van der Waals surface area contributed by atoms with Gasteiger partial charge in [0, 0.05) is 19.6 Å². The molecule has 0 amide bonds. The summed E-state index contributed by atoms with van der Waals surface area (Å²) in [6, 6.07) is 4.94. The Balaban J connectivity index is 1.93. The lowest BCUT2D eigenvalue weighted by molar-refractivity contribution is -0.0222. The topological polar surface area (TPSA) is 67.9 Å². The summed E-state index contributed by atoms with van der Waals surface area (Å²) in [6.45, 7) is 4.59. The number of aryl methyl sites for hydroxylation is 1. The van der Waals surface area contributed by atoms with Crippen LogP contribution in [0.3, 0.4) is 0 Å². The van der Waals surface area contributed by atoms with E-state index in [9.17, 15) is 8.42 Å². The van der Waals surface area contributed by atoms with Crippen molar-refractivity contribution < 1.29 is 17.9 Å². The Morgan fingerprint density at radius 1 is 1.45 bits per heavy atom. The summed E-state index contributed by atoms with van der Waals surface area (Å²) in [5.74, 6) is 0.648. The van der Waals surface area contributed by atoms with Crippen LogP contribution in [0.15, 0.2) is 23.1 Å². The number of likely N-dealkylation sites (N-methyl/N-ethyl adjacent to an activating group) is 1. The second-order valence-corrected chi connectivity index (χ2v) is 7.31. The summed E-state index contributed by atoms with van der Waals surface area (Å²) in [4.78, 5) is 2.48. The molecule has 0 radical (unpaired) electrons. The molecule has 1 fully saturated rings. The van der Waals surface area contributed by atoms with Crippen LogP contribution in [0.25, 0.3) is 0 Å². The van der Waals surface area contributed by atoms with E-state index in [1.807, 2.05) is 7.05 Å². The molecule has 1 N–H and O–H groups in total. The Hall–Kier alpha value is -1.15. The van der Waals surface area contributed by atoms with Crippen molar-refractivity contribution in [3.63, 3.8) is 0 Å². The van der Waals surface area contributed by atoms with Crippen molar-refractivity contribution in [1.29, 1.82) is 0 Å². The Bertz CT molecular complexity index is 604. The number of hydrogen-bond donors (Lipinski definition) is 1. The molecule has 0 bridgehead atoms. The maximum atomic E-state index is 12.4. The first-order valence-corrected chi connectivity index (χ1v) is 8.85. The molecule has 0 aromatic heterocycles. The van der Waals surface area contributed by atoms with E-state index in [0.29, 0.717) is 30.9 Å². The molecule has 7 heteroatoms. The first-order chi connectivity index (χ1) is 10.4. The molecule has 22 heavy (non-hydrogen) atoms. The highest BCUT2D eigenvalue weighted by atomic mass is 32.2. The standard InChI is InChI=1S/C15H24N2O4S/c1-12-10-13(20-3)4-5-15(12)22(18,19)16-7-6-14-11-17(2)8-9-21-14/h4-5,10,14,16H,6-9,11H2,1-3H3. The lowest BCUT2D eigenvalue weighted by atomic mass is 10.2. The van der Waals surface area contributed by atoms with Crippen molar-refractivity contribution in [3.05, 3.63) is 23.8 Å². The van der Waals surface area contributed by atoms with Gasteiger partial charge in [-0.3, -0.25) is 0 Å². The number of methoxy groups -OCH3 is 1. The van der Waals surface area contributed by atoms with Crippen LogP contribution in [-0.2, 0) is 14.8 Å². The van der Waals surface area contributed by atoms with Gasteiger partial charge in [-0.25, -0.2) is 13.1 Å². The van der Waals surface area contributed by atoms with Crippen LogP contribution in [0.4, 0.5) is 0 Å². The Labute approximate surface area is 132 Å². The quantitative estimate of drug-likeness (QED) is 0.844. The summed E-state index contributed by atoms with van der Waals surface area (Å²) in [7, 11) is 0.0950. The van der Waals surface area contributed by atoms with Gasteiger partial charge in [0.2, 0.25) is 10.0 Å². The molecule has 1 aromatic rings. The maximum Gasteiger partial charge on any atom is 0.240 e. The molecule has 1 saturated heterocycles. The first-order valence-electron chi connectivity index (χ1n) is 7.37. The number of morpholine rings is 1. The molecule has 6 nitrogen and oxygen atoms in total. The fourth-order valence-electron chi connectivity index (χ4n) is 2.52. The third-order valence-electron chi connectivity index (χ3n) is 3.77. The van der Waals surface area contributed by atoms with E-state index in [0.717, 1.165) is 13.1 Å². The van der Waals surface area contributed by atoms with E-state index in [4.69, 9.17) is 9.47 Å². The highest BCUT2D eigenvalue weighted by Gasteiger charge is 2.20. The lowest BCUT2D eigenvalue weighted by Crippen LogP contribution is -2.41. The van der Waals surface area contributed by atoms with E-state index >= 15 is 0 Å². The molecule has 0 aliphatic carbocycles. The van der Waals surface area contributed by atoms with Gasteiger partial charge in [0.05, 0.1) is 24.7 Å². The van der Waals surface area contributed by atoms with E-state index in [2.05, 4.69) is 9.62 Å². The van der Waals surface area contributed by atoms with Gasteiger partial charge in [0.15, 0.2) is 0 Å². The fourth-order valence-corrected chi connectivity index (χ4v) is 3.80. The van der Waals surface area contributed by atoms with Gasteiger partial charge in [-0.05, 0) is 44.2 Å². The minimum absolute atomic E-state index is 0.0819. The number of benzene rings is 1. The molecular formula is C15H24N2O4S. The predicted octanol–water partition coefficient (Wildman–Crippen LogP) is 1.00. The summed E-state index contributed by atoms with van der Waals surface area (Å²) in [6.07, 6.45) is 0.747. The van der Waals surface area contributed by atoms with Crippen LogP contribution < -0.4 is 9.46 Å². The summed E-state index contributed by atoms with van der Waals surface area (Å²) in [5, 5.41) is 0. The monoisotopic (exact) mass is 328 g/mol. The second-order valence-electron chi connectivity index (χ2n) is 5.57. The molecule has 124 valence electrons. The zero-order valence-electron chi connectivity index (χ0n) is 13.3. The van der Waals surface area contributed by atoms with E-state index in [-0.39, 0.29) is 11.0 Å². The zero-order chi connectivity index (χ0) is 16.2. The van der Waals surface area contributed by atoms with Crippen LogP contribution in [-0.4, -0.2) is 59.8 Å². The van der Waals surface area contributed by atoms with Gasteiger partial charge >= 0.3 is 0 Å². The minimum atomic E-state index is -3.50. The van der Waals surface area contributed by atoms with Crippen molar-refractivity contribution in [3.8, 4) is 5.75 Å². The van der Waals surface area contributed by atoms with E-state index in [1.54, 1.807) is 32.2 Å². The number of hydrogen-bond acceptors (Lipinski definition) is 5. The minimum Gasteiger partial charge on any atom is -0.497 e. The van der Waals surface area contributed by atoms with Crippen molar-refractivity contribution in [2.45, 2.75) is 24.3 Å². The molecule has 1 aliphatic rings. The van der Waals surface area contributed by atoms with Crippen molar-refractivity contribution in [1.82, 2.24) is 9.62 Å². The number of sulfonamides is 1. The van der Waals surface area contributed by atoms with Gasteiger partial charge in [-0.1, -0.05) is 0 Å². The molecule has 1 heterocycles. The molecule has 1 aromatic carbocycles. The zero-order valence-corrected chi connectivity index (χ0v) is 14.1. The Morgan fingerprint density at radius 2 is 2.23 bits per heavy atom. The van der Waals surface area contributed by atoms with Crippen molar-refractivity contribution >= 4 is 10.0 Å². The highest BCUT2D eigenvalue weighted by molar-refractivity contribution is 7.89. The predicted molar refractivity (Wildman–Crippen MR) is 84.8 cm³/mol. The second kappa shape index (κ2) is 7.41. The summed E-state index contributed by atoms with van der Waals surface area (Å²) < 4.78 is 38.1. The fraction of sp³-hybridized carbons (Fsp3) is 0.600. The van der Waals surface area contributed by atoms with Crippen LogP contribution in [0, 0.1) is 6.92 Å². The Morgan fingerprint density at radius 3 is 2.86 bits per heavy atom. The van der Waals surface area contributed by atoms with Crippen molar-refractivity contribution in [2.75, 3.05) is 40.4 Å². The first kappa shape index (κ1) is 17.2. The van der Waals surface area contributed by atoms with Crippen molar-refractivity contribution in [2.24, 2.45) is 0 Å². The normalized spacial score (nSPS) is 20.0. The van der Waals surface area contributed by atoms with Crippen LogP contribution in [0.1, 0.15) is 12.0 Å². The molecular weight excluding hydrogens is 304 g/mol. The smallest absolute Gasteiger partial charge is 0.240 e. The molecule has 0 saturated carbocycles. The average Bonchev–Trinajstić information content (AvgIpc) is 2.46. The van der Waals surface area contributed by atoms with Gasteiger partial charge < -0.3 is 14.4 Å². The van der Waals surface area contributed by atoms with Gasteiger partial charge in [-0.2, -0.15) is 0 Å². The average molecular weight is 328 g/mol. The molecule has 1 unspecified atom stereocenters. The molecule has 1 aliphatic heterocycles. The molecule has 0 spiro atoms. The van der Waals surface area contributed by atoms with Crippen LogP contribution in [0.2, 0.25) is 0 Å². The van der Waals surface area contributed by atoms with E-state index < -0.39 is 10.0 Å². The van der Waals surface area contributed by atoms with Crippen LogP contribution >= 0.6 is 0 Å². The summed E-state index contributed by atoms with van der Waals surface area (Å²) in [5.41, 5.74) is 0.667. The van der Waals surface area contributed by atoms with Gasteiger partial charge in [-0.15, -0.1) is 0 Å². The highest BCUT2D eigenvalue weighted by Crippen LogP contribution is 2.20. The van der Waals surface area contributed by atoms with Gasteiger partial charge in [0.1, 0.15) is 5.75 Å². The SMILES string of the molecule is COc1ccc(S(=O)(=O)NCCC2CN(C)CCO2)c(C)c1. The number of rotatable bonds is 6. The number of ether oxygens (including phenoxy) is 2. The van der Waals surface area contributed by atoms with Gasteiger partial charge in [0.25, 0.3) is 0 Å². The molecule has 2 rings (SSSR count). The third kappa shape index (κ3) is 4.42. The largest absolute Gasteiger partial charge is 0.497 e. The Kier molecular flexibility index (Phi) is 5.80. The van der Waals surface area contributed by atoms with E-state index in [1.165, 1.54) is 0 Å². The van der Waals surface area contributed by atoms with Crippen LogP contribution in [0.5, 0.6) is 5.75 Å². The number of nitrogens with zero attached hydrogens (tertiary/aromatic N) is 1. The lowest BCUT2D eigenvalue weighted by Gasteiger charge is -2.30. The third-order valence-corrected chi connectivity index (χ3v) is 5.39. The molecule has 1 atom stereocenters.